The summed E-state index contributed by atoms with van der Waals surface area (Å²) in [5.74, 6) is 0.245. The monoisotopic (exact) mass is 404 g/mol. The Morgan fingerprint density at radius 1 is 1.00 bits per heavy atom. The average Bonchev–Trinajstić information content (AvgIpc) is 2.78. The van der Waals surface area contributed by atoms with Gasteiger partial charge in [-0.15, -0.1) is 0 Å². The number of carbonyl (C=O) groups is 1. The highest BCUT2D eigenvalue weighted by atomic mass is 16.5. The molecule has 6 heteroatoms. The number of rotatable bonds is 11. The van der Waals surface area contributed by atoms with Gasteiger partial charge in [-0.3, -0.25) is 20.1 Å². The van der Waals surface area contributed by atoms with Crippen molar-refractivity contribution in [2.75, 3.05) is 13.2 Å². The third kappa shape index (κ3) is 5.21. The number of nitrogens with zero attached hydrogens (tertiary/aromatic N) is 2. The molecule has 156 valence electrons. The first-order chi connectivity index (χ1) is 14.7. The second-order valence-corrected chi connectivity index (χ2v) is 7.09. The van der Waals surface area contributed by atoms with Crippen molar-refractivity contribution in [1.82, 2.24) is 15.3 Å². The molecule has 3 rings (SSSR count). The number of para-hydroxylation sites is 1. The molecule has 0 aliphatic carbocycles. The van der Waals surface area contributed by atoms with E-state index >= 15 is 0 Å². The second-order valence-electron chi connectivity index (χ2n) is 7.09. The molecule has 0 bridgehead atoms. The summed E-state index contributed by atoms with van der Waals surface area (Å²) < 4.78 is 5.84. The summed E-state index contributed by atoms with van der Waals surface area (Å²) in [5.41, 5.74) is 7.92. The van der Waals surface area contributed by atoms with Crippen molar-refractivity contribution in [2.45, 2.75) is 31.7 Å². The fraction of sp³-hybridized carbons (Fsp3) is 0.292. The molecule has 30 heavy (non-hydrogen) atoms. The maximum absolute atomic E-state index is 12.9. The molecule has 0 fully saturated rings. The van der Waals surface area contributed by atoms with Crippen LogP contribution < -0.4 is 15.8 Å². The van der Waals surface area contributed by atoms with Crippen molar-refractivity contribution in [1.29, 1.82) is 0 Å². The Bertz CT molecular complexity index is 934. The van der Waals surface area contributed by atoms with Crippen LogP contribution in [0.1, 0.15) is 30.0 Å². The molecule has 0 saturated carbocycles. The van der Waals surface area contributed by atoms with Crippen LogP contribution in [0.2, 0.25) is 0 Å². The molecule has 3 N–H and O–H groups in total. The van der Waals surface area contributed by atoms with Crippen molar-refractivity contribution in [3.8, 4) is 5.75 Å². The van der Waals surface area contributed by atoms with Crippen LogP contribution in [0.25, 0.3) is 0 Å². The van der Waals surface area contributed by atoms with E-state index in [1.165, 1.54) is 0 Å². The highest BCUT2D eigenvalue weighted by Crippen LogP contribution is 2.34. The lowest BCUT2D eigenvalue weighted by atomic mass is 9.82. The van der Waals surface area contributed by atoms with E-state index in [9.17, 15) is 4.79 Å². The van der Waals surface area contributed by atoms with Gasteiger partial charge in [0.25, 0.3) is 0 Å². The quantitative estimate of drug-likeness (QED) is 0.513. The molecule has 3 aromatic rings. The van der Waals surface area contributed by atoms with Crippen LogP contribution in [-0.4, -0.2) is 29.0 Å². The predicted molar refractivity (Wildman–Crippen MR) is 117 cm³/mol. The van der Waals surface area contributed by atoms with Crippen molar-refractivity contribution in [3.05, 3.63) is 90.0 Å². The summed E-state index contributed by atoms with van der Waals surface area (Å²) in [5, 5.41) is 3.47. The normalized spacial score (nSPS) is 12.8. The highest BCUT2D eigenvalue weighted by Gasteiger charge is 2.40. The molecule has 0 aliphatic rings. The van der Waals surface area contributed by atoms with E-state index < -0.39 is 11.4 Å². The van der Waals surface area contributed by atoms with Crippen LogP contribution >= 0.6 is 0 Å². The van der Waals surface area contributed by atoms with E-state index in [-0.39, 0.29) is 0 Å². The smallest absolute Gasteiger partial charge is 0.242 e. The van der Waals surface area contributed by atoms with Crippen molar-refractivity contribution < 1.29 is 9.53 Å². The largest absolute Gasteiger partial charge is 0.494 e. The fourth-order valence-corrected chi connectivity index (χ4v) is 3.61. The van der Waals surface area contributed by atoms with Gasteiger partial charge >= 0.3 is 0 Å². The number of hydrogen-bond donors (Lipinski definition) is 2. The van der Waals surface area contributed by atoms with Gasteiger partial charge in [-0.05, 0) is 61.6 Å². The van der Waals surface area contributed by atoms with Crippen LogP contribution in [-0.2, 0) is 23.2 Å². The molecule has 1 atom stereocenters. The maximum atomic E-state index is 12.9. The Labute approximate surface area is 177 Å². The first-order valence-corrected chi connectivity index (χ1v) is 10.2. The molecule has 1 amide bonds. The van der Waals surface area contributed by atoms with Gasteiger partial charge in [0.15, 0.2) is 0 Å². The Morgan fingerprint density at radius 3 is 2.50 bits per heavy atom. The average molecular weight is 405 g/mol. The lowest BCUT2D eigenvalue weighted by Gasteiger charge is -2.34. The molecule has 0 spiro atoms. The Hall–Kier alpha value is -3.25. The summed E-state index contributed by atoms with van der Waals surface area (Å²) >= 11 is 0. The number of aryl methyl sites for hydroxylation is 1. The van der Waals surface area contributed by atoms with Gasteiger partial charge < -0.3 is 10.5 Å². The summed E-state index contributed by atoms with van der Waals surface area (Å²) in [7, 11) is 0. The number of nitrogens with two attached hydrogens (primary N) is 1. The number of pyridine rings is 2. The van der Waals surface area contributed by atoms with Crippen LogP contribution in [0.4, 0.5) is 0 Å². The third-order valence-corrected chi connectivity index (χ3v) is 5.17. The number of benzene rings is 1. The summed E-state index contributed by atoms with van der Waals surface area (Å²) in [6, 6.07) is 15.4. The lowest BCUT2D eigenvalue weighted by Crippen LogP contribution is -2.53. The molecular weight excluding hydrogens is 376 g/mol. The molecule has 2 heterocycles. The zero-order valence-electron chi connectivity index (χ0n) is 17.3. The van der Waals surface area contributed by atoms with Gasteiger partial charge in [-0.25, -0.2) is 0 Å². The topological polar surface area (TPSA) is 90.1 Å². The Morgan fingerprint density at radius 2 is 1.80 bits per heavy atom. The van der Waals surface area contributed by atoms with E-state index in [4.69, 9.17) is 10.5 Å². The zero-order valence-corrected chi connectivity index (χ0v) is 17.3. The maximum Gasteiger partial charge on any atom is 0.242 e. The van der Waals surface area contributed by atoms with Crippen LogP contribution in [0.15, 0.2) is 73.3 Å². The van der Waals surface area contributed by atoms with E-state index in [0.29, 0.717) is 31.7 Å². The summed E-state index contributed by atoms with van der Waals surface area (Å²) in [6.07, 6.45) is 8.99. The number of nitrogens with one attached hydrogen (secondary N) is 1. The minimum Gasteiger partial charge on any atom is -0.494 e. The number of primary amides is 1. The van der Waals surface area contributed by atoms with Crippen LogP contribution in [0.5, 0.6) is 5.75 Å². The number of carbonyl (C=O) groups excluding carboxylic acids is 1. The van der Waals surface area contributed by atoms with Gasteiger partial charge in [0.1, 0.15) is 11.3 Å². The fourth-order valence-electron chi connectivity index (χ4n) is 3.61. The van der Waals surface area contributed by atoms with E-state index in [1.54, 1.807) is 18.6 Å². The lowest BCUT2D eigenvalue weighted by molar-refractivity contribution is -0.125. The SMILES string of the molecule is CCOc1ccccc1C(CCc1cccnc1)(NCCc1ccncc1)C(N)=O. The van der Waals surface area contributed by atoms with Crippen molar-refractivity contribution >= 4 is 5.91 Å². The first kappa shape index (κ1) is 21.5. The predicted octanol–water partition coefficient (Wildman–Crippen LogP) is 3.02. The van der Waals surface area contributed by atoms with Gasteiger partial charge in [0.05, 0.1) is 6.61 Å². The molecule has 1 aromatic carbocycles. The summed E-state index contributed by atoms with van der Waals surface area (Å²) in [4.78, 5) is 21.2. The van der Waals surface area contributed by atoms with Crippen molar-refractivity contribution in [2.24, 2.45) is 5.73 Å². The molecule has 6 nitrogen and oxygen atoms in total. The number of hydrogen-bond acceptors (Lipinski definition) is 5. The molecular formula is C24H28N4O2. The molecule has 2 aromatic heterocycles. The molecule has 0 saturated heterocycles. The van der Waals surface area contributed by atoms with Gasteiger partial charge in [0.2, 0.25) is 5.91 Å². The second kappa shape index (κ2) is 10.5. The zero-order chi connectivity index (χ0) is 21.2. The minimum atomic E-state index is -1.06. The van der Waals surface area contributed by atoms with E-state index in [1.807, 2.05) is 61.7 Å². The minimum absolute atomic E-state index is 0.423. The molecule has 1 unspecified atom stereocenters. The van der Waals surface area contributed by atoms with Gasteiger partial charge in [-0.1, -0.05) is 24.3 Å². The standard InChI is InChI=1S/C24H28N4O2/c1-2-30-22-8-4-3-7-21(22)24(23(25)29,13-9-20-6-5-14-27-18-20)28-17-12-19-10-15-26-16-11-19/h3-8,10-11,14-16,18,28H,2,9,12-13,17H2,1H3,(H2,25,29). The van der Waals surface area contributed by atoms with E-state index in [0.717, 1.165) is 23.1 Å². The first-order valence-electron chi connectivity index (χ1n) is 10.2. The van der Waals surface area contributed by atoms with Gasteiger partial charge in [0, 0.05) is 36.9 Å². The van der Waals surface area contributed by atoms with E-state index in [2.05, 4.69) is 15.3 Å². The van der Waals surface area contributed by atoms with Crippen LogP contribution in [0.3, 0.4) is 0 Å². The Kier molecular flexibility index (Phi) is 7.51. The van der Waals surface area contributed by atoms with Gasteiger partial charge in [-0.2, -0.15) is 0 Å². The number of aromatic nitrogens is 2. The molecule has 0 radical (unpaired) electrons. The highest BCUT2D eigenvalue weighted by molar-refractivity contribution is 5.87. The summed E-state index contributed by atoms with van der Waals surface area (Å²) in [6.45, 7) is 3.02. The third-order valence-electron chi connectivity index (χ3n) is 5.17. The van der Waals surface area contributed by atoms with Crippen LogP contribution in [0, 0.1) is 0 Å². The number of amides is 1. The molecule has 0 aliphatic heterocycles. The Balaban J connectivity index is 1.91. The van der Waals surface area contributed by atoms with Crippen molar-refractivity contribution in [3.63, 3.8) is 0 Å². The number of ether oxygens (including phenoxy) is 1.